The van der Waals surface area contributed by atoms with Crippen LogP contribution in [0.3, 0.4) is 0 Å². The third kappa shape index (κ3) is 1.91. The molecule has 0 saturated carbocycles. The van der Waals surface area contributed by atoms with Gasteiger partial charge in [-0.05, 0) is 18.6 Å². The molecule has 2 aromatic rings. The molecule has 0 N–H and O–H groups in total. The maximum atomic E-state index is 4.30. The normalized spacial score (nSPS) is 9.92. The van der Waals surface area contributed by atoms with Crippen molar-refractivity contribution in [1.29, 1.82) is 0 Å². The van der Waals surface area contributed by atoms with Crippen LogP contribution in [-0.4, -0.2) is 9.55 Å². The molecule has 70 valence electrons. The maximum absolute atomic E-state index is 4.30. The summed E-state index contributed by atoms with van der Waals surface area (Å²) in [5.74, 6) is 0. The van der Waals surface area contributed by atoms with E-state index in [0.717, 1.165) is 18.5 Å². The lowest BCUT2D eigenvalue weighted by molar-refractivity contribution is 0.697. The molecule has 1 heterocycles. The van der Waals surface area contributed by atoms with Crippen molar-refractivity contribution in [1.82, 2.24) is 9.55 Å². The second kappa shape index (κ2) is 4.42. The largest absolute Gasteiger partial charge is 0.331 e. The Labute approximate surface area is 88.4 Å². The van der Waals surface area contributed by atoms with Crippen LogP contribution in [-0.2, 0) is 6.54 Å². The van der Waals surface area contributed by atoms with Gasteiger partial charge >= 0.3 is 0 Å². The number of fused-ring (bicyclic) bond motifs is 1. The Hall–Kier alpha value is -0.830. The fourth-order valence-electron chi connectivity index (χ4n) is 1.43. The van der Waals surface area contributed by atoms with E-state index in [1.54, 1.807) is 0 Å². The Morgan fingerprint density at radius 3 is 2.85 bits per heavy atom. The number of benzene rings is 1. The first kappa shape index (κ1) is 10.3. The van der Waals surface area contributed by atoms with E-state index in [2.05, 4.69) is 28.6 Å². The number of aryl methyl sites for hydroxylation is 1. The van der Waals surface area contributed by atoms with Crippen molar-refractivity contribution in [2.75, 3.05) is 0 Å². The summed E-state index contributed by atoms with van der Waals surface area (Å²) in [6.45, 7) is 3.23. The van der Waals surface area contributed by atoms with Gasteiger partial charge in [0, 0.05) is 6.54 Å². The average molecular weight is 241 g/mol. The third-order valence-corrected chi connectivity index (χ3v) is 1.99. The molecule has 13 heavy (non-hydrogen) atoms. The summed E-state index contributed by atoms with van der Waals surface area (Å²) in [6, 6.07) is 8.22. The molecule has 1 aromatic heterocycles. The summed E-state index contributed by atoms with van der Waals surface area (Å²) in [5.41, 5.74) is 2.32. The fourth-order valence-corrected chi connectivity index (χ4v) is 1.43. The molecule has 2 nitrogen and oxygen atoms in total. The van der Waals surface area contributed by atoms with E-state index in [9.17, 15) is 0 Å². The summed E-state index contributed by atoms with van der Waals surface area (Å²) in [5, 5.41) is 0. The minimum atomic E-state index is 0. The second-order valence-corrected chi connectivity index (χ2v) is 2.93. The van der Waals surface area contributed by atoms with Crippen LogP contribution in [0.5, 0.6) is 0 Å². The quantitative estimate of drug-likeness (QED) is 0.790. The first-order valence-electron chi connectivity index (χ1n) is 4.31. The van der Waals surface area contributed by atoms with Gasteiger partial charge in [-0.2, -0.15) is 0 Å². The minimum absolute atomic E-state index is 0. The zero-order valence-corrected chi connectivity index (χ0v) is 9.32. The van der Waals surface area contributed by atoms with Crippen LogP contribution in [0.1, 0.15) is 13.3 Å². The molecular weight excluding hydrogens is 228 g/mol. The molecule has 0 saturated heterocycles. The number of aromatic nitrogens is 2. The molecule has 0 aliphatic rings. The van der Waals surface area contributed by atoms with Gasteiger partial charge in [-0.3, -0.25) is 0 Å². The van der Waals surface area contributed by atoms with Crippen molar-refractivity contribution in [3.05, 3.63) is 30.6 Å². The predicted molar refractivity (Wildman–Crippen MR) is 60.3 cm³/mol. The van der Waals surface area contributed by atoms with Gasteiger partial charge in [-0.1, -0.05) is 19.1 Å². The van der Waals surface area contributed by atoms with Gasteiger partial charge in [0.05, 0.1) is 17.4 Å². The zero-order chi connectivity index (χ0) is 8.39. The van der Waals surface area contributed by atoms with Crippen molar-refractivity contribution >= 4 is 28.0 Å². The number of para-hydroxylation sites is 2. The number of imidazole rings is 1. The number of hydrogen-bond donors (Lipinski definition) is 0. The summed E-state index contributed by atoms with van der Waals surface area (Å²) in [4.78, 5) is 4.30. The highest BCUT2D eigenvalue weighted by atomic mass is 79.9. The first-order valence-corrected chi connectivity index (χ1v) is 4.31. The van der Waals surface area contributed by atoms with Crippen LogP contribution < -0.4 is 0 Å². The topological polar surface area (TPSA) is 17.8 Å². The Kier molecular flexibility index (Phi) is 3.48. The van der Waals surface area contributed by atoms with Gasteiger partial charge in [-0.25, -0.2) is 4.98 Å². The predicted octanol–water partition coefficient (Wildman–Crippen LogP) is 3.02. The number of rotatable bonds is 2. The Bertz CT molecular complexity index is 381. The molecule has 0 bridgehead atoms. The van der Waals surface area contributed by atoms with Gasteiger partial charge in [0.15, 0.2) is 0 Å². The van der Waals surface area contributed by atoms with Gasteiger partial charge in [0.2, 0.25) is 0 Å². The molecule has 2 rings (SSSR count). The van der Waals surface area contributed by atoms with E-state index < -0.39 is 0 Å². The van der Waals surface area contributed by atoms with E-state index in [-0.39, 0.29) is 17.0 Å². The van der Waals surface area contributed by atoms with Gasteiger partial charge in [0.1, 0.15) is 0 Å². The van der Waals surface area contributed by atoms with E-state index >= 15 is 0 Å². The molecule has 0 aliphatic carbocycles. The maximum Gasteiger partial charge on any atom is 0.0958 e. The van der Waals surface area contributed by atoms with Crippen LogP contribution in [0.25, 0.3) is 11.0 Å². The van der Waals surface area contributed by atoms with Crippen LogP contribution in [0.2, 0.25) is 0 Å². The van der Waals surface area contributed by atoms with Crippen LogP contribution in [0, 0.1) is 0 Å². The molecule has 0 aliphatic heterocycles. The highest BCUT2D eigenvalue weighted by Gasteiger charge is 1.98. The Morgan fingerprint density at radius 1 is 1.31 bits per heavy atom. The van der Waals surface area contributed by atoms with E-state index in [4.69, 9.17) is 0 Å². The van der Waals surface area contributed by atoms with Crippen molar-refractivity contribution in [3.8, 4) is 0 Å². The Balaban J connectivity index is 0.000000845. The molecule has 0 atom stereocenters. The van der Waals surface area contributed by atoms with Crippen LogP contribution >= 0.6 is 17.0 Å². The lowest BCUT2D eigenvalue weighted by Gasteiger charge is -1.99. The van der Waals surface area contributed by atoms with Gasteiger partial charge in [0.25, 0.3) is 0 Å². The van der Waals surface area contributed by atoms with Crippen molar-refractivity contribution < 1.29 is 0 Å². The highest BCUT2D eigenvalue weighted by molar-refractivity contribution is 8.93. The monoisotopic (exact) mass is 240 g/mol. The molecule has 1 aromatic carbocycles. The molecule has 0 amide bonds. The van der Waals surface area contributed by atoms with E-state index in [1.807, 2.05) is 18.5 Å². The molecule has 0 unspecified atom stereocenters. The van der Waals surface area contributed by atoms with Gasteiger partial charge < -0.3 is 4.57 Å². The highest BCUT2D eigenvalue weighted by Crippen LogP contribution is 2.11. The summed E-state index contributed by atoms with van der Waals surface area (Å²) >= 11 is 0. The molecule has 3 heteroatoms. The number of hydrogen-bond acceptors (Lipinski definition) is 1. The molecular formula is C10H13BrN2. The first-order chi connectivity index (χ1) is 5.92. The van der Waals surface area contributed by atoms with Gasteiger partial charge in [-0.15, -0.1) is 17.0 Å². The zero-order valence-electron chi connectivity index (χ0n) is 7.60. The van der Waals surface area contributed by atoms with Crippen molar-refractivity contribution in [2.45, 2.75) is 19.9 Å². The Morgan fingerprint density at radius 2 is 2.08 bits per heavy atom. The number of halogens is 1. The van der Waals surface area contributed by atoms with Crippen molar-refractivity contribution in [2.24, 2.45) is 0 Å². The fraction of sp³-hybridized carbons (Fsp3) is 0.300. The van der Waals surface area contributed by atoms with E-state index in [1.165, 1.54) is 5.52 Å². The average Bonchev–Trinajstić information content (AvgIpc) is 2.50. The standard InChI is InChI=1S/C10H12N2.BrH/c1-2-7-12-8-11-9-5-3-4-6-10(9)12;/h3-6,8H,2,7H2,1H3;1H. The SMILES string of the molecule is Br.CCCn1cnc2ccccc21. The third-order valence-electron chi connectivity index (χ3n) is 1.99. The van der Waals surface area contributed by atoms with Crippen molar-refractivity contribution in [3.63, 3.8) is 0 Å². The summed E-state index contributed by atoms with van der Waals surface area (Å²) < 4.78 is 2.19. The van der Waals surface area contributed by atoms with Crippen LogP contribution in [0.4, 0.5) is 0 Å². The molecule has 0 spiro atoms. The molecule has 0 radical (unpaired) electrons. The lowest BCUT2D eigenvalue weighted by atomic mass is 10.3. The summed E-state index contributed by atoms with van der Waals surface area (Å²) in [7, 11) is 0. The summed E-state index contributed by atoms with van der Waals surface area (Å²) in [6.07, 6.45) is 3.06. The minimum Gasteiger partial charge on any atom is -0.331 e. The smallest absolute Gasteiger partial charge is 0.0958 e. The van der Waals surface area contributed by atoms with Crippen LogP contribution in [0.15, 0.2) is 30.6 Å². The number of nitrogens with zero attached hydrogens (tertiary/aromatic N) is 2. The molecule has 0 fully saturated rings. The second-order valence-electron chi connectivity index (χ2n) is 2.93. The lowest BCUT2D eigenvalue weighted by Crippen LogP contribution is -1.92. The van der Waals surface area contributed by atoms with E-state index in [0.29, 0.717) is 0 Å².